The summed E-state index contributed by atoms with van der Waals surface area (Å²) in [5.41, 5.74) is 3.16. The number of hydrogen-bond donors (Lipinski definition) is 1. The van der Waals surface area contributed by atoms with Gasteiger partial charge in [-0.1, -0.05) is 6.07 Å². The molecule has 7 nitrogen and oxygen atoms in total. The minimum Gasteiger partial charge on any atom is -0.493 e. The molecule has 0 aromatic heterocycles. The molecule has 0 aliphatic carbocycles. The predicted molar refractivity (Wildman–Crippen MR) is 133 cm³/mol. The summed E-state index contributed by atoms with van der Waals surface area (Å²) in [6.07, 6.45) is 1.53. The van der Waals surface area contributed by atoms with Crippen molar-refractivity contribution in [1.82, 2.24) is 10.2 Å². The van der Waals surface area contributed by atoms with Gasteiger partial charge in [-0.2, -0.15) is 0 Å². The highest BCUT2D eigenvalue weighted by molar-refractivity contribution is 5.82. The zero-order valence-corrected chi connectivity index (χ0v) is 21.7. The Bertz CT molecular complexity index is 1010. The number of rotatable bonds is 8. The minimum atomic E-state index is -0.300. The molecule has 3 rings (SSSR count). The van der Waals surface area contributed by atoms with E-state index in [1.54, 1.807) is 28.4 Å². The molecule has 1 aliphatic heterocycles. The number of fused-ring (bicyclic) bond motifs is 1. The molecule has 0 bridgehead atoms. The fraction of sp³-hybridized carbons (Fsp3) is 0.519. The number of methoxy groups -OCH3 is 4. The van der Waals surface area contributed by atoms with E-state index in [2.05, 4.69) is 28.4 Å². The third-order valence-electron chi connectivity index (χ3n) is 6.30. The Morgan fingerprint density at radius 2 is 1.56 bits per heavy atom. The van der Waals surface area contributed by atoms with Gasteiger partial charge >= 0.3 is 0 Å². The number of nitrogens with one attached hydrogen (secondary N) is 1. The van der Waals surface area contributed by atoms with Crippen LogP contribution in [0.3, 0.4) is 0 Å². The van der Waals surface area contributed by atoms with Gasteiger partial charge in [-0.05, 0) is 81.5 Å². The monoisotopic (exact) mass is 470 g/mol. The van der Waals surface area contributed by atoms with Gasteiger partial charge in [0.15, 0.2) is 23.0 Å². The molecule has 1 amide bonds. The average Bonchev–Trinajstić information content (AvgIpc) is 2.81. The van der Waals surface area contributed by atoms with Crippen LogP contribution in [0.2, 0.25) is 0 Å². The van der Waals surface area contributed by atoms with Crippen LogP contribution in [0.25, 0.3) is 0 Å². The average molecular weight is 471 g/mol. The summed E-state index contributed by atoms with van der Waals surface area (Å²) >= 11 is 0. The van der Waals surface area contributed by atoms with Crippen molar-refractivity contribution in [2.24, 2.45) is 0 Å². The molecule has 1 heterocycles. The first-order valence-corrected chi connectivity index (χ1v) is 11.6. The summed E-state index contributed by atoms with van der Waals surface area (Å²) in [5, 5.41) is 3.14. The minimum absolute atomic E-state index is 0.0220. The van der Waals surface area contributed by atoms with Gasteiger partial charge in [0.05, 0.1) is 34.5 Å². The van der Waals surface area contributed by atoms with Crippen molar-refractivity contribution in [3.8, 4) is 23.0 Å². The molecule has 0 radical (unpaired) electrons. The fourth-order valence-corrected chi connectivity index (χ4v) is 4.59. The first-order valence-electron chi connectivity index (χ1n) is 11.6. The summed E-state index contributed by atoms with van der Waals surface area (Å²) in [4.78, 5) is 15.4. The van der Waals surface area contributed by atoms with Crippen LogP contribution in [-0.4, -0.2) is 57.4 Å². The first-order chi connectivity index (χ1) is 16.1. The molecule has 2 aromatic carbocycles. The molecule has 1 unspecified atom stereocenters. The second-order valence-electron chi connectivity index (χ2n) is 9.72. The molecule has 0 saturated carbocycles. The van der Waals surface area contributed by atoms with E-state index in [9.17, 15) is 4.79 Å². The molecule has 2 atom stereocenters. The predicted octanol–water partition coefficient (Wildman–Crippen LogP) is 4.17. The molecule has 34 heavy (non-hydrogen) atoms. The van der Waals surface area contributed by atoms with Crippen LogP contribution >= 0.6 is 0 Å². The summed E-state index contributed by atoms with van der Waals surface area (Å²) in [5.74, 6) is 2.81. The highest BCUT2D eigenvalue weighted by atomic mass is 16.5. The van der Waals surface area contributed by atoms with Crippen molar-refractivity contribution in [3.05, 3.63) is 47.0 Å². The van der Waals surface area contributed by atoms with E-state index in [0.29, 0.717) is 23.7 Å². The fourth-order valence-electron chi connectivity index (χ4n) is 4.59. The van der Waals surface area contributed by atoms with E-state index in [0.717, 1.165) is 29.8 Å². The number of hydrogen-bond acceptors (Lipinski definition) is 6. The highest BCUT2D eigenvalue weighted by Crippen LogP contribution is 2.41. The molecule has 186 valence electrons. The summed E-state index contributed by atoms with van der Waals surface area (Å²) in [6, 6.07) is 9.77. The van der Waals surface area contributed by atoms with E-state index >= 15 is 0 Å². The highest BCUT2D eigenvalue weighted by Gasteiger charge is 2.35. The third kappa shape index (κ3) is 5.58. The summed E-state index contributed by atoms with van der Waals surface area (Å²) in [6.45, 7) is 8.75. The summed E-state index contributed by atoms with van der Waals surface area (Å²) < 4.78 is 22.1. The van der Waals surface area contributed by atoms with Crippen LogP contribution in [0.1, 0.15) is 50.4 Å². The standard InChI is InChI=1S/C27H38N2O5/c1-17(26(30)28-27(2,3)4)29-12-11-19-15-24(33-7)25(34-8)16-20(19)21(29)13-18-9-10-22(31-5)23(14-18)32-6/h9-10,14-17,21H,11-13H2,1-8H3,(H,28,30)/t17?,21-/m1/s1. The molecule has 7 heteroatoms. The lowest BCUT2D eigenvalue weighted by Crippen LogP contribution is -2.53. The SMILES string of the molecule is COc1ccc(C[C@@H]2c3cc(OC)c(OC)cc3CCN2C(C)C(=O)NC(C)(C)C)cc1OC. The van der Waals surface area contributed by atoms with Crippen molar-refractivity contribution in [2.75, 3.05) is 35.0 Å². The van der Waals surface area contributed by atoms with Gasteiger partial charge in [-0.25, -0.2) is 0 Å². The quantitative estimate of drug-likeness (QED) is 0.625. The Labute approximate surface area is 203 Å². The van der Waals surface area contributed by atoms with Crippen LogP contribution < -0.4 is 24.3 Å². The van der Waals surface area contributed by atoms with Crippen LogP contribution in [0.4, 0.5) is 0 Å². The largest absolute Gasteiger partial charge is 0.493 e. The van der Waals surface area contributed by atoms with Gasteiger partial charge in [-0.15, -0.1) is 0 Å². The number of amides is 1. The van der Waals surface area contributed by atoms with Gasteiger partial charge in [0, 0.05) is 18.1 Å². The van der Waals surface area contributed by atoms with Crippen molar-refractivity contribution >= 4 is 5.91 Å². The van der Waals surface area contributed by atoms with Crippen LogP contribution in [0, 0.1) is 0 Å². The number of benzene rings is 2. The Balaban J connectivity index is 2.04. The van der Waals surface area contributed by atoms with Gasteiger partial charge in [-0.3, -0.25) is 9.69 Å². The number of carbonyl (C=O) groups excluding carboxylic acids is 1. The third-order valence-corrected chi connectivity index (χ3v) is 6.30. The van der Waals surface area contributed by atoms with Crippen molar-refractivity contribution < 1.29 is 23.7 Å². The number of carbonyl (C=O) groups is 1. The smallest absolute Gasteiger partial charge is 0.237 e. The van der Waals surface area contributed by atoms with Gasteiger partial charge in [0.2, 0.25) is 5.91 Å². The molecular formula is C27H38N2O5. The van der Waals surface area contributed by atoms with Gasteiger partial charge in [0.25, 0.3) is 0 Å². The Hall–Kier alpha value is -2.93. The van der Waals surface area contributed by atoms with Gasteiger partial charge in [0.1, 0.15) is 0 Å². The van der Waals surface area contributed by atoms with Crippen LogP contribution in [0.5, 0.6) is 23.0 Å². The topological polar surface area (TPSA) is 69.3 Å². The van der Waals surface area contributed by atoms with E-state index in [1.165, 1.54) is 5.56 Å². The van der Waals surface area contributed by atoms with E-state index in [-0.39, 0.29) is 23.5 Å². The summed E-state index contributed by atoms with van der Waals surface area (Å²) in [7, 11) is 6.57. The maximum atomic E-state index is 13.1. The van der Waals surface area contributed by atoms with E-state index in [1.807, 2.05) is 39.8 Å². The maximum Gasteiger partial charge on any atom is 0.237 e. The molecule has 0 saturated heterocycles. The van der Waals surface area contributed by atoms with Crippen molar-refractivity contribution in [1.29, 1.82) is 0 Å². The molecule has 1 N–H and O–H groups in total. The zero-order valence-electron chi connectivity index (χ0n) is 21.7. The van der Waals surface area contributed by atoms with Crippen molar-refractivity contribution in [3.63, 3.8) is 0 Å². The van der Waals surface area contributed by atoms with E-state index in [4.69, 9.17) is 18.9 Å². The lowest BCUT2D eigenvalue weighted by atomic mass is 9.87. The second kappa shape index (κ2) is 10.6. The van der Waals surface area contributed by atoms with Crippen LogP contribution in [0.15, 0.2) is 30.3 Å². The zero-order chi connectivity index (χ0) is 25.0. The molecular weight excluding hydrogens is 432 g/mol. The lowest BCUT2D eigenvalue weighted by Gasteiger charge is -2.41. The normalized spacial score (nSPS) is 16.9. The van der Waals surface area contributed by atoms with Gasteiger partial charge < -0.3 is 24.3 Å². The molecule has 0 spiro atoms. The Morgan fingerprint density at radius 3 is 2.15 bits per heavy atom. The second-order valence-corrected chi connectivity index (χ2v) is 9.72. The Kier molecular flexibility index (Phi) is 7.97. The lowest BCUT2D eigenvalue weighted by molar-refractivity contribution is -0.128. The maximum absolute atomic E-state index is 13.1. The first kappa shape index (κ1) is 25.7. The molecule has 1 aliphatic rings. The molecule has 0 fully saturated rings. The van der Waals surface area contributed by atoms with E-state index < -0.39 is 0 Å². The van der Waals surface area contributed by atoms with Crippen molar-refractivity contribution in [2.45, 2.75) is 58.2 Å². The molecule has 2 aromatic rings. The van der Waals surface area contributed by atoms with Crippen LogP contribution in [-0.2, 0) is 17.6 Å². The number of ether oxygens (including phenoxy) is 4. The Morgan fingerprint density at radius 1 is 0.971 bits per heavy atom. The number of nitrogens with zero attached hydrogens (tertiary/aromatic N) is 1.